The Morgan fingerprint density at radius 2 is 1.89 bits per heavy atom. The Hall–Kier alpha value is -1.41. The summed E-state index contributed by atoms with van der Waals surface area (Å²) in [7, 11) is 0. The first-order valence-electron chi connectivity index (χ1n) is 9.47. The van der Waals surface area contributed by atoms with Crippen molar-refractivity contribution in [2.24, 2.45) is 5.92 Å². The van der Waals surface area contributed by atoms with Gasteiger partial charge in [0.1, 0.15) is 0 Å². The maximum atomic E-state index is 6.35. The average molecular weight is 417 g/mol. The van der Waals surface area contributed by atoms with Gasteiger partial charge in [0.05, 0.1) is 15.6 Å². The van der Waals surface area contributed by atoms with Gasteiger partial charge >= 0.3 is 0 Å². The lowest BCUT2D eigenvalue weighted by Gasteiger charge is -2.21. The zero-order chi connectivity index (χ0) is 18.7. The zero-order valence-electron chi connectivity index (χ0n) is 15.1. The summed E-state index contributed by atoms with van der Waals surface area (Å²) in [6.07, 6.45) is 7.38. The smallest absolute Gasteiger partial charge is 0.0598 e. The summed E-state index contributed by atoms with van der Waals surface area (Å²) in [5.41, 5.74) is 6.50. The van der Waals surface area contributed by atoms with Crippen LogP contribution in [0, 0.1) is 5.92 Å². The molecule has 1 saturated carbocycles. The second kappa shape index (κ2) is 6.58. The van der Waals surface area contributed by atoms with Gasteiger partial charge in [0.2, 0.25) is 0 Å². The molecule has 1 aromatic heterocycles. The monoisotopic (exact) mass is 415 g/mol. The van der Waals surface area contributed by atoms with E-state index in [-0.39, 0.29) is 0 Å². The highest BCUT2D eigenvalue weighted by atomic mass is 35.5. The summed E-state index contributed by atoms with van der Waals surface area (Å²) in [5, 5.41) is 3.31. The number of fused-ring (bicyclic) bond motifs is 6. The molecule has 3 aromatic rings. The van der Waals surface area contributed by atoms with Crippen LogP contribution in [0.4, 0.5) is 0 Å². The largest absolute Gasteiger partial charge is 0.320 e. The van der Waals surface area contributed by atoms with Crippen LogP contribution in [-0.2, 0) is 6.42 Å². The molecule has 1 fully saturated rings. The molecule has 4 heteroatoms. The number of allylic oxidation sites excluding steroid dienone is 1. The van der Waals surface area contributed by atoms with Crippen LogP contribution < -0.4 is 0 Å². The average Bonchev–Trinajstić information content (AvgIpc) is 3.16. The lowest BCUT2D eigenvalue weighted by atomic mass is 9.86. The highest BCUT2D eigenvalue weighted by Gasteiger charge is 2.36. The molecule has 2 atom stereocenters. The SMILES string of the molecule is C/C(=C\n1c2c(c3cc(Cl)ccc31)C1CCC(C2)C1)c1ccc(Cl)c(Cl)c1. The minimum Gasteiger partial charge on any atom is -0.320 e. The molecule has 2 aliphatic carbocycles. The summed E-state index contributed by atoms with van der Waals surface area (Å²) in [4.78, 5) is 0. The van der Waals surface area contributed by atoms with Gasteiger partial charge in [0.25, 0.3) is 0 Å². The van der Waals surface area contributed by atoms with E-state index >= 15 is 0 Å². The van der Waals surface area contributed by atoms with Crippen LogP contribution in [0.25, 0.3) is 22.7 Å². The molecule has 2 aliphatic rings. The number of aromatic nitrogens is 1. The van der Waals surface area contributed by atoms with Gasteiger partial charge in [0.15, 0.2) is 0 Å². The molecule has 2 aromatic carbocycles. The first-order valence-corrected chi connectivity index (χ1v) is 10.6. The zero-order valence-corrected chi connectivity index (χ0v) is 17.4. The van der Waals surface area contributed by atoms with Crippen molar-refractivity contribution in [2.45, 2.75) is 38.5 Å². The van der Waals surface area contributed by atoms with E-state index in [0.717, 1.165) is 22.9 Å². The lowest BCUT2D eigenvalue weighted by Crippen LogP contribution is -2.12. The van der Waals surface area contributed by atoms with Crippen molar-refractivity contribution in [1.82, 2.24) is 4.57 Å². The van der Waals surface area contributed by atoms with Gasteiger partial charge in [-0.15, -0.1) is 0 Å². The Labute approximate surface area is 174 Å². The van der Waals surface area contributed by atoms with Crippen molar-refractivity contribution >= 4 is 57.5 Å². The van der Waals surface area contributed by atoms with Crippen LogP contribution in [0.15, 0.2) is 36.4 Å². The van der Waals surface area contributed by atoms with Crippen LogP contribution in [-0.4, -0.2) is 4.57 Å². The number of nitrogens with zero attached hydrogens (tertiary/aromatic N) is 1. The molecular formula is C23H20Cl3N. The fourth-order valence-electron chi connectivity index (χ4n) is 4.98. The van der Waals surface area contributed by atoms with Gasteiger partial charge in [0, 0.05) is 22.3 Å². The van der Waals surface area contributed by atoms with Crippen molar-refractivity contribution in [2.75, 3.05) is 0 Å². The van der Waals surface area contributed by atoms with Gasteiger partial charge in [-0.05, 0) is 91.5 Å². The maximum Gasteiger partial charge on any atom is 0.0598 e. The number of halogens is 3. The molecule has 27 heavy (non-hydrogen) atoms. The number of rotatable bonds is 2. The van der Waals surface area contributed by atoms with Crippen molar-refractivity contribution in [3.05, 3.63) is 68.3 Å². The summed E-state index contributed by atoms with van der Waals surface area (Å²) in [6.45, 7) is 2.13. The Morgan fingerprint density at radius 3 is 2.70 bits per heavy atom. The minimum absolute atomic E-state index is 0.586. The summed E-state index contributed by atoms with van der Waals surface area (Å²) >= 11 is 18.7. The number of hydrogen-bond acceptors (Lipinski definition) is 0. The van der Waals surface area contributed by atoms with Crippen molar-refractivity contribution < 1.29 is 0 Å². The van der Waals surface area contributed by atoms with Crippen LogP contribution in [0.1, 0.15) is 48.9 Å². The second-order valence-corrected chi connectivity index (χ2v) is 9.16. The first kappa shape index (κ1) is 17.7. The topological polar surface area (TPSA) is 4.93 Å². The number of benzene rings is 2. The van der Waals surface area contributed by atoms with Crippen molar-refractivity contribution in [3.8, 4) is 0 Å². The van der Waals surface area contributed by atoms with Gasteiger partial charge < -0.3 is 4.57 Å². The third kappa shape index (κ3) is 2.92. The van der Waals surface area contributed by atoms with E-state index in [2.05, 4.69) is 29.8 Å². The first-order chi connectivity index (χ1) is 13.0. The third-order valence-electron chi connectivity index (χ3n) is 6.24. The van der Waals surface area contributed by atoms with Gasteiger partial charge in [-0.1, -0.05) is 40.9 Å². The Balaban J connectivity index is 1.71. The lowest BCUT2D eigenvalue weighted by molar-refractivity contribution is 0.502. The van der Waals surface area contributed by atoms with E-state index < -0.39 is 0 Å². The normalized spacial score (nSPS) is 21.7. The van der Waals surface area contributed by atoms with E-state index in [1.807, 2.05) is 24.3 Å². The van der Waals surface area contributed by atoms with E-state index in [9.17, 15) is 0 Å². The molecule has 0 aliphatic heterocycles. The molecule has 0 saturated heterocycles. The maximum absolute atomic E-state index is 6.35. The van der Waals surface area contributed by atoms with E-state index in [1.165, 1.54) is 47.0 Å². The van der Waals surface area contributed by atoms with Crippen molar-refractivity contribution in [3.63, 3.8) is 0 Å². The van der Waals surface area contributed by atoms with Gasteiger partial charge in [-0.3, -0.25) is 0 Å². The fraction of sp³-hybridized carbons (Fsp3) is 0.304. The molecule has 1 heterocycles. The highest BCUT2D eigenvalue weighted by Crippen LogP contribution is 2.50. The molecule has 0 N–H and O–H groups in total. The molecule has 138 valence electrons. The van der Waals surface area contributed by atoms with Crippen molar-refractivity contribution in [1.29, 1.82) is 0 Å². The quantitative estimate of drug-likeness (QED) is 0.398. The molecule has 5 rings (SSSR count). The molecule has 0 radical (unpaired) electrons. The van der Waals surface area contributed by atoms with E-state index in [1.54, 1.807) is 0 Å². The molecule has 0 spiro atoms. The molecular weight excluding hydrogens is 397 g/mol. The predicted octanol–water partition coefficient (Wildman–Crippen LogP) is 8.06. The minimum atomic E-state index is 0.586. The summed E-state index contributed by atoms with van der Waals surface area (Å²) in [6, 6.07) is 12.1. The van der Waals surface area contributed by atoms with E-state index in [4.69, 9.17) is 34.8 Å². The Kier molecular flexibility index (Phi) is 4.31. The molecule has 2 unspecified atom stereocenters. The standard InChI is InChI=1S/C23H20Cl3N/c1-13(15-4-6-19(25)20(26)10-15)12-27-21-7-5-17(24)11-18(21)23-16-3-2-14(8-16)9-22(23)27/h4-7,10-12,14,16H,2-3,8-9H2,1H3/b13-12+. The molecule has 1 nitrogen and oxygen atoms in total. The second-order valence-electron chi connectivity index (χ2n) is 7.91. The molecule has 2 bridgehead atoms. The summed E-state index contributed by atoms with van der Waals surface area (Å²) in [5.74, 6) is 1.50. The molecule has 0 amide bonds. The van der Waals surface area contributed by atoms with Crippen LogP contribution in [0.5, 0.6) is 0 Å². The third-order valence-corrected chi connectivity index (χ3v) is 7.21. The predicted molar refractivity (Wildman–Crippen MR) is 117 cm³/mol. The van der Waals surface area contributed by atoms with Gasteiger partial charge in [-0.2, -0.15) is 0 Å². The summed E-state index contributed by atoms with van der Waals surface area (Å²) < 4.78 is 2.39. The van der Waals surface area contributed by atoms with Crippen LogP contribution in [0.2, 0.25) is 15.1 Å². The number of hydrogen-bond donors (Lipinski definition) is 0. The van der Waals surface area contributed by atoms with Crippen LogP contribution in [0.3, 0.4) is 0 Å². The van der Waals surface area contributed by atoms with E-state index in [0.29, 0.717) is 16.0 Å². The van der Waals surface area contributed by atoms with Crippen LogP contribution >= 0.6 is 34.8 Å². The van der Waals surface area contributed by atoms with Gasteiger partial charge in [-0.25, -0.2) is 0 Å². The highest BCUT2D eigenvalue weighted by molar-refractivity contribution is 6.42. The Morgan fingerprint density at radius 1 is 1.04 bits per heavy atom. The fourth-order valence-corrected chi connectivity index (χ4v) is 5.45. The Bertz CT molecular complexity index is 1090.